The molecule has 0 spiro atoms. The number of nitrogens with one attached hydrogen (secondary N) is 1. The molecule has 1 aliphatic rings. The van der Waals surface area contributed by atoms with Crippen LogP contribution in [0.4, 0.5) is 0 Å². The van der Waals surface area contributed by atoms with Crippen molar-refractivity contribution in [3.63, 3.8) is 0 Å². The topological polar surface area (TPSA) is 47.0 Å². The zero-order valence-electron chi connectivity index (χ0n) is 12.6. The fourth-order valence-corrected chi connectivity index (χ4v) is 2.95. The summed E-state index contributed by atoms with van der Waals surface area (Å²) in [5.41, 5.74) is 3.51. The molecule has 4 heteroatoms. The quantitative estimate of drug-likeness (QED) is 0.936. The summed E-state index contributed by atoms with van der Waals surface area (Å²) in [5.74, 6) is 2.33. The van der Waals surface area contributed by atoms with Crippen LogP contribution < -0.4 is 10.1 Å². The first-order valence-corrected chi connectivity index (χ1v) is 7.44. The number of benzene rings is 1. The van der Waals surface area contributed by atoms with Gasteiger partial charge < -0.3 is 10.1 Å². The molecule has 1 N–H and O–H groups in total. The van der Waals surface area contributed by atoms with Crippen LogP contribution >= 0.6 is 0 Å². The van der Waals surface area contributed by atoms with Crippen LogP contribution in [0.5, 0.6) is 5.75 Å². The molecule has 0 saturated heterocycles. The molecule has 0 aliphatic heterocycles. The van der Waals surface area contributed by atoms with Crippen molar-refractivity contribution >= 4 is 0 Å². The maximum absolute atomic E-state index is 5.27. The normalized spacial score (nSPS) is 17.3. The molecule has 1 unspecified atom stereocenters. The second-order valence-corrected chi connectivity index (χ2v) is 5.56. The third-order valence-corrected chi connectivity index (χ3v) is 4.07. The summed E-state index contributed by atoms with van der Waals surface area (Å²) >= 11 is 0. The molecule has 1 aliphatic carbocycles. The molecular formula is C17H21N3O. The van der Waals surface area contributed by atoms with Crippen molar-refractivity contribution in [2.24, 2.45) is 5.92 Å². The van der Waals surface area contributed by atoms with E-state index in [0.29, 0.717) is 5.92 Å². The van der Waals surface area contributed by atoms with Gasteiger partial charge in [0.1, 0.15) is 5.75 Å². The van der Waals surface area contributed by atoms with Gasteiger partial charge in [-0.05, 0) is 56.5 Å². The van der Waals surface area contributed by atoms with Gasteiger partial charge in [-0.2, -0.15) is 0 Å². The number of ether oxygens (including phenoxy) is 1. The average Bonchev–Trinajstić information content (AvgIpc) is 2.55. The minimum absolute atomic E-state index is 0.703. The first-order chi connectivity index (χ1) is 10.3. The van der Waals surface area contributed by atoms with E-state index >= 15 is 0 Å². The summed E-state index contributed by atoms with van der Waals surface area (Å²) in [7, 11) is 3.69. The first-order valence-electron chi connectivity index (χ1n) is 7.44. The number of aromatic nitrogens is 2. The second-order valence-electron chi connectivity index (χ2n) is 5.56. The predicted octanol–water partition coefficient (Wildman–Crippen LogP) is 2.48. The van der Waals surface area contributed by atoms with Crippen molar-refractivity contribution < 1.29 is 4.74 Å². The number of rotatable bonds is 4. The van der Waals surface area contributed by atoms with Crippen LogP contribution in [0.3, 0.4) is 0 Å². The van der Waals surface area contributed by atoms with Crippen LogP contribution in [0.25, 0.3) is 11.4 Å². The van der Waals surface area contributed by atoms with Gasteiger partial charge in [-0.25, -0.2) is 9.97 Å². The molecule has 1 aromatic heterocycles. The lowest BCUT2D eigenvalue weighted by atomic mass is 9.87. The number of nitrogens with zero attached hydrogens (tertiary/aromatic N) is 2. The van der Waals surface area contributed by atoms with Crippen molar-refractivity contribution in [3.05, 3.63) is 41.7 Å². The molecule has 0 saturated carbocycles. The smallest absolute Gasteiger partial charge is 0.159 e. The molecule has 0 bridgehead atoms. The lowest BCUT2D eigenvalue weighted by Gasteiger charge is -2.23. The Kier molecular flexibility index (Phi) is 4.15. The van der Waals surface area contributed by atoms with Gasteiger partial charge in [-0.3, -0.25) is 0 Å². The summed E-state index contributed by atoms with van der Waals surface area (Å²) in [4.78, 5) is 9.31. The van der Waals surface area contributed by atoms with Gasteiger partial charge in [0, 0.05) is 17.5 Å². The van der Waals surface area contributed by atoms with Crippen molar-refractivity contribution in [1.29, 1.82) is 0 Å². The number of hydrogen-bond donors (Lipinski definition) is 1. The summed E-state index contributed by atoms with van der Waals surface area (Å²) < 4.78 is 5.27. The fourth-order valence-electron chi connectivity index (χ4n) is 2.95. The highest BCUT2D eigenvalue weighted by molar-refractivity contribution is 5.57. The molecule has 110 valence electrons. The Bertz CT molecular complexity index is 627. The Morgan fingerprint density at radius 2 is 2.29 bits per heavy atom. The van der Waals surface area contributed by atoms with E-state index in [1.165, 1.54) is 17.7 Å². The molecule has 1 aromatic carbocycles. The Hall–Kier alpha value is -1.94. The lowest BCUT2D eigenvalue weighted by Crippen LogP contribution is -2.25. The van der Waals surface area contributed by atoms with Crippen LogP contribution in [0, 0.1) is 5.92 Å². The molecule has 1 heterocycles. The van der Waals surface area contributed by atoms with Gasteiger partial charge in [0.15, 0.2) is 5.82 Å². The maximum Gasteiger partial charge on any atom is 0.159 e. The van der Waals surface area contributed by atoms with Gasteiger partial charge in [0.05, 0.1) is 7.11 Å². The monoisotopic (exact) mass is 283 g/mol. The predicted molar refractivity (Wildman–Crippen MR) is 83.5 cm³/mol. The summed E-state index contributed by atoms with van der Waals surface area (Å²) in [6.07, 6.45) is 5.32. The van der Waals surface area contributed by atoms with E-state index in [4.69, 9.17) is 9.72 Å². The highest BCUT2D eigenvalue weighted by Crippen LogP contribution is 2.26. The number of fused-ring (bicyclic) bond motifs is 1. The van der Waals surface area contributed by atoms with Gasteiger partial charge in [-0.15, -0.1) is 0 Å². The van der Waals surface area contributed by atoms with Gasteiger partial charge in [0.2, 0.25) is 0 Å². The van der Waals surface area contributed by atoms with Crippen molar-refractivity contribution in [1.82, 2.24) is 15.3 Å². The minimum Gasteiger partial charge on any atom is -0.497 e. The van der Waals surface area contributed by atoms with Crippen LogP contribution in [0.1, 0.15) is 17.7 Å². The van der Waals surface area contributed by atoms with E-state index in [-0.39, 0.29) is 0 Å². The van der Waals surface area contributed by atoms with Crippen LogP contribution in [-0.4, -0.2) is 30.7 Å². The first kappa shape index (κ1) is 14.0. The van der Waals surface area contributed by atoms with Crippen LogP contribution in [0.2, 0.25) is 0 Å². The second kappa shape index (κ2) is 6.22. The largest absolute Gasteiger partial charge is 0.497 e. The molecule has 0 fully saturated rings. The molecule has 21 heavy (non-hydrogen) atoms. The van der Waals surface area contributed by atoms with Crippen molar-refractivity contribution in [2.75, 3.05) is 20.7 Å². The van der Waals surface area contributed by atoms with Crippen molar-refractivity contribution in [3.8, 4) is 17.1 Å². The third kappa shape index (κ3) is 3.05. The zero-order chi connectivity index (χ0) is 14.7. The molecule has 1 atom stereocenters. The number of methoxy groups -OCH3 is 1. The molecule has 2 aromatic rings. The Morgan fingerprint density at radius 3 is 3.10 bits per heavy atom. The molecule has 4 nitrogen and oxygen atoms in total. The van der Waals surface area contributed by atoms with E-state index < -0.39 is 0 Å². The summed E-state index contributed by atoms with van der Waals surface area (Å²) in [6, 6.07) is 7.91. The molecule has 0 amide bonds. The van der Waals surface area contributed by atoms with Crippen LogP contribution in [0.15, 0.2) is 30.5 Å². The summed E-state index contributed by atoms with van der Waals surface area (Å²) in [5, 5.41) is 3.26. The minimum atomic E-state index is 0.703. The number of aryl methyl sites for hydroxylation is 1. The van der Waals surface area contributed by atoms with Gasteiger partial charge in [-0.1, -0.05) is 12.1 Å². The standard InChI is InChI=1S/C17H21N3O/c1-18-10-12-6-7-16-14(8-12)11-19-17(20-16)13-4-3-5-15(9-13)21-2/h3-5,9,11-12,18H,6-8,10H2,1-2H3. The van der Waals surface area contributed by atoms with E-state index in [0.717, 1.165) is 36.5 Å². The van der Waals surface area contributed by atoms with E-state index in [9.17, 15) is 0 Å². The van der Waals surface area contributed by atoms with E-state index in [1.807, 2.05) is 37.5 Å². The fraction of sp³-hybridized carbons (Fsp3) is 0.412. The van der Waals surface area contributed by atoms with Gasteiger partial charge >= 0.3 is 0 Å². The number of hydrogen-bond acceptors (Lipinski definition) is 4. The maximum atomic E-state index is 5.27. The average molecular weight is 283 g/mol. The molecular weight excluding hydrogens is 262 g/mol. The lowest BCUT2D eigenvalue weighted by molar-refractivity contribution is 0.415. The summed E-state index contributed by atoms with van der Waals surface area (Å²) in [6.45, 7) is 1.07. The molecule has 0 radical (unpaired) electrons. The van der Waals surface area contributed by atoms with E-state index in [2.05, 4.69) is 10.3 Å². The Morgan fingerprint density at radius 1 is 1.38 bits per heavy atom. The highest BCUT2D eigenvalue weighted by Gasteiger charge is 2.20. The van der Waals surface area contributed by atoms with Gasteiger partial charge in [0.25, 0.3) is 0 Å². The Labute approximate surface area is 125 Å². The Balaban J connectivity index is 1.86. The molecule has 3 rings (SSSR count). The van der Waals surface area contributed by atoms with Crippen molar-refractivity contribution in [2.45, 2.75) is 19.3 Å². The third-order valence-electron chi connectivity index (χ3n) is 4.07. The van der Waals surface area contributed by atoms with Crippen LogP contribution in [-0.2, 0) is 12.8 Å². The SMILES string of the molecule is CNCC1CCc2nc(-c3cccc(OC)c3)ncc2C1. The zero-order valence-corrected chi connectivity index (χ0v) is 12.6. The van der Waals surface area contributed by atoms with E-state index in [1.54, 1.807) is 7.11 Å². The highest BCUT2D eigenvalue weighted by atomic mass is 16.5.